The monoisotopic (exact) mass is 465 g/mol. The maximum Gasteiger partial charge on any atom is 0.293 e. The molecule has 1 saturated heterocycles. The number of nitrogens with one attached hydrogen (secondary N) is 1. The zero-order valence-electron chi connectivity index (χ0n) is 14.1. The van der Waals surface area contributed by atoms with E-state index < -0.39 is 22.0 Å². The van der Waals surface area contributed by atoms with Crippen LogP contribution in [-0.2, 0) is 4.79 Å². The number of rotatable bonds is 6. The first-order valence-electron chi connectivity index (χ1n) is 7.88. The molecule has 2 aromatic rings. The van der Waals surface area contributed by atoms with Crippen LogP contribution in [0.3, 0.4) is 0 Å². The van der Waals surface area contributed by atoms with Crippen molar-refractivity contribution in [3.8, 4) is 0 Å². The van der Waals surface area contributed by atoms with Crippen molar-refractivity contribution in [3.05, 3.63) is 67.4 Å². The summed E-state index contributed by atoms with van der Waals surface area (Å²) in [7, 11) is 0. The smallest absolute Gasteiger partial charge is 0.293 e. The highest BCUT2D eigenvalue weighted by atomic mass is 79.9. The predicted molar refractivity (Wildman–Crippen MR) is 105 cm³/mol. The number of nitro groups is 1. The van der Waals surface area contributed by atoms with Crippen LogP contribution in [0, 0.1) is 10.1 Å². The fraction of sp³-hybridized carbons (Fsp3) is 0.118. The third kappa shape index (κ3) is 4.49. The molecule has 0 aliphatic carbocycles. The number of hydrogen-bond donors (Lipinski definition) is 1. The van der Waals surface area contributed by atoms with E-state index in [2.05, 4.69) is 21.2 Å². The molecule has 1 N–H and O–H groups in total. The van der Waals surface area contributed by atoms with Crippen molar-refractivity contribution in [2.75, 3.05) is 13.1 Å². The van der Waals surface area contributed by atoms with Crippen molar-refractivity contribution < 1.29 is 23.7 Å². The minimum Gasteiger partial charge on any atom is -0.444 e. The zero-order chi connectivity index (χ0) is 20.3. The minimum atomic E-state index is -0.520. The summed E-state index contributed by atoms with van der Waals surface area (Å²) in [5.41, 5.74) is 0.498. The topological polar surface area (TPSA) is 123 Å². The number of benzene rings is 1. The summed E-state index contributed by atoms with van der Waals surface area (Å²) in [6.07, 6.45) is 1.49. The van der Waals surface area contributed by atoms with Gasteiger partial charge in [0.1, 0.15) is 0 Å². The number of carbonyl (C=O) groups is 3. The molecule has 3 amide bonds. The van der Waals surface area contributed by atoms with Gasteiger partial charge >= 0.3 is 0 Å². The molecule has 1 aromatic carbocycles. The number of hydrogen-bond acceptors (Lipinski definition) is 7. The average Bonchev–Trinajstić information content (AvgIpc) is 3.20. The van der Waals surface area contributed by atoms with Crippen LogP contribution >= 0.6 is 27.7 Å². The Labute approximate surface area is 171 Å². The second-order valence-corrected chi connectivity index (χ2v) is 7.32. The lowest BCUT2D eigenvalue weighted by atomic mass is 10.2. The van der Waals surface area contributed by atoms with Crippen molar-refractivity contribution in [1.29, 1.82) is 0 Å². The number of amides is 3. The first-order chi connectivity index (χ1) is 13.3. The van der Waals surface area contributed by atoms with Gasteiger partial charge in [-0.15, -0.1) is 0 Å². The van der Waals surface area contributed by atoms with Gasteiger partial charge < -0.3 is 9.73 Å². The molecule has 2 heterocycles. The fourth-order valence-corrected chi connectivity index (χ4v) is 3.51. The van der Waals surface area contributed by atoms with Gasteiger partial charge in [0.2, 0.25) is 0 Å². The number of halogens is 1. The molecule has 3 rings (SSSR count). The quantitative estimate of drug-likeness (QED) is 0.393. The Morgan fingerprint density at radius 1 is 1.25 bits per heavy atom. The molecule has 0 spiro atoms. The predicted octanol–water partition coefficient (Wildman–Crippen LogP) is 3.42. The van der Waals surface area contributed by atoms with Crippen LogP contribution in [0.5, 0.6) is 0 Å². The molecule has 11 heteroatoms. The summed E-state index contributed by atoms with van der Waals surface area (Å²) in [6, 6.07) is 8.69. The number of nitrogens with zero attached hydrogens (tertiary/aromatic N) is 2. The Morgan fingerprint density at radius 2 is 1.96 bits per heavy atom. The van der Waals surface area contributed by atoms with Crippen LogP contribution in [0.25, 0.3) is 6.08 Å². The highest BCUT2D eigenvalue weighted by molar-refractivity contribution is 9.10. The van der Waals surface area contributed by atoms with Crippen LogP contribution in [0.2, 0.25) is 0 Å². The lowest BCUT2D eigenvalue weighted by Crippen LogP contribution is -2.37. The summed E-state index contributed by atoms with van der Waals surface area (Å²) in [4.78, 5) is 47.8. The molecular weight excluding hydrogens is 454 g/mol. The number of nitro benzene ring substituents is 1. The number of non-ortho nitro benzene ring substituents is 1. The van der Waals surface area contributed by atoms with Crippen LogP contribution in [0.15, 0.2) is 50.4 Å². The van der Waals surface area contributed by atoms with Gasteiger partial charge in [0.25, 0.3) is 22.7 Å². The fourth-order valence-electron chi connectivity index (χ4n) is 2.34. The van der Waals surface area contributed by atoms with Crippen LogP contribution in [0.1, 0.15) is 16.1 Å². The van der Waals surface area contributed by atoms with Crippen molar-refractivity contribution in [2.45, 2.75) is 0 Å². The third-order valence-corrected chi connectivity index (χ3v) is 5.03. The standard InChI is InChI=1S/C17H12BrN3O6S/c18-14-6-5-12(27-14)15(22)19-7-8-20-16(23)13(28-17(20)24)9-10-1-3-11(4-2-10)21(25)26/h1-6,9H,7-8H2,(H,19,22)/b13-9-. The maximum absolute atomic E-state index is 12.4. The van der Waals surface area contributed by atoms with Gasteiger partial charge in [-0.25, -0.2) is 0 Å². The Bertz CT molecular complexity index is 985. The zero-order valence-corrected chi connectivity index (χ0v) is 16.5. The number of imide groups is 1. The minimum absolute atomic E-state index is 0.00981. The van der Waals surface area contributed by atoms with Crippen molar-refractivity contribution in [1.82, 2.24) is 10.2 Å². The van der Waals surface area contributed by atoms with Crippen LogP contribution in [-0.4, -0.2) is 40.0 Å². The molecule has 0 bridgehead atoms. The largest absolute Gasteiger partial charge is 0.444 e. The molecule has 0 atom stereocenters. The second kappa shape index (κ2) is 8.40. The molecule has 0 radical (unpaired) electrons. The maximum atomic E-state index is 12.4. The Hall–Kier alpha value is -2.92. The van der Waals surface area contributed by atoms with E-state index in [-0.39, 0.29) is 29.4 Å². The normalized spacial score (nSPS) is 15.3. The molecule has 1 aliphatic rings. The van der Waals surface area contributed by atoms with Crippen molar-refractivity contribution in [2.24, 2.45) is 0 Å². The number of carbonyl (C=O) groups excluding carboxylic acids is 3. The molecule has 1 aromatic heterocycles. The Kier molecular flexibility index (Phi) is 5.95. The lowest BCUT2D eigenvalue weighted by Gasteiger charge is -2.12. The van der Waals surface area contributed by atoms with E-state index in [0.29, 0.717) is 10.2 Å². The van der Waals surface area contributed by atoms with E-state index in [4.69, 9.17) is 4.42 Å². The van der Waals surface area contributed by atoms with Crippen LogP contribution < -0.4 is 5.32 Å². The van der Waals surface area contributed by atoms with E-state index >= 15 is 0 Å². The van der Waals surface area contributed by atoms with E-state index in [1.807, 2.05) is 0 Å². The lowest BCUT2D eigenvalue weighted by molar-refractivity contribution is -0.384. The van der Waals surface area contributed by atoms with E-state index in [9.17, 15) is 24.5 Å². The molecule has 28 heavy (non-hydrogen) atoms. The molecule has 0 unspecified atom stereocenters. The summed E-state index contributed by atoms with van der Waals surface area (Å²) < 4.78 is 5.54. The molecule has 1 fully saturated rings. The number of furan rings is 1. The molecular formula is C17H12BrN3O6S. The van der Waals surface area contributed by atoms with Gasteiger partial charge in [-0.3, -0.25) is 29.4 Å². The third-order valence-electron chi connectivity index (χ3n) is 3.69. The SMILES string of the molecule is O=C(NCCN1C(=O)S/C(=C\c2ccc([N+](=O)[O-])cc2)C1=O)c1ccc(Br)o1. The van der Waals surface area contributed by atoms with Crippen LogP contribution in [0.4, 0.5) is 10.5 Å². The van der Waals surface area contributed by atoms with Gasteiger partial charge in [0, 0.05) is 25.2 Å². The summed E-state index contributed by atoms with van der Waals surface area (Å²) >= 11 is 3.87. The van der Waals surface area contributed by atoms with E-state index in [1.54, 1.807) is 6.07 Å². The molecule has 0 saturated carbocycles. The van der Waals surface area contributed by atoms with Gasteiger partial charge in [0.15, 0.2) is 10.4 Å². The Morgan fingerprint density at radius 3 is 2.57 bits per heavy atom. The first kappa shape index (κ1) is 19.8. The Balaban J connectivity index is 1.60. The highest BCUT2D eigenvalue weighted by Crippen LogP contribution is 2.32. The van der Waals surface area contributed by atoms with E-state index in [0.717, 1.165) is 16.7 Å². The van der Waals surface area contributed by atoms with Gasteiger partial charge in [-0.05, 0) is 63.6 Å². The summed E-state index contributed by atoms with van der Waals surface area (Å²) in [5, 5.41) is 12.8. The average molecular weight is 466 g/mol. The van der Waals surface area contributed by atoms with Gasteiger partial charge in [-0.2, -0.15) is 0 Å². The molecule has 144 valence electrons. The summed E-state index contributed by atoms with van der Waals surface area (Å²) in [5.74, 6) is -0.832. The number of thioether (sulfide) groups is 1. The van der Waals surface area contributed by atoms with E-state index in [1.165, 1.54) is 36.4 Å². The highest BCUT2D eigenvalue weighted by Gasteiger charge is 2.34. The first-order valence-corrected chi connectivity index (χ1v) is 9.49. The summed E-state index contributed by atoms with van der Waals surface area (Å²) in [6.45, 7) is 0.0793. The molecule has 1 aliphatic heterocycles. The van der Waals surface area contributed by atoms with Gasteiger partial charge in [0.05, 0.1) is 9.83 Å². The van der Waals surface area contributed by atoms with Gasteiger partial charge in [-0.1, -0.05) is 0 Å². The molecule has 9 nitrogen and oxygen atoms in total. The van der Waals surface area contributed by atoms with Crippen molar-refractivity contribution >= 4 is 56.5 Å². The second-order valence-electron chi connectivity index (χ2n) is 5.54. The van der Waals surface area contributed by atoms with Crippen molar-refractivity contribution in [3.63, 3.8) is 0 Å².